The third kappa shape index (κ3) is 6.49. The molecule has 14 nitrogen and oxygen atoms in total. The Hall–Kier alpha value is -6.57. The first-order valence-electron chi connectivity index (χ1n) is 12.8. The van der Waals surface area contributed by atoms with Crippen molar-refractivity contribution < 1.29 is 34.5 Å². The van der Waals surface area contributed by atoms with Gasteiger partial charge in [-0.2, -0.15) is 30.6 Å². The van der Waals surface area contributed by atoms with Gasteiger partial charge < -0.3 is 20.6 Å². The van der Waals surface area contributed by atoms with Crippen LogP contribution >= 0.6 is 0 Å². The fourth-order valence-electron chi connectivity index (χ4n) is 3.95. The number of benzene rings is 4. The van der Waals surface area contributed by atoms with Crippen molar-refractivity contribution in [2.45, 2.75) is 6.04 Å². The van der Waals surface area contributed by atoms with Gasteiger partial charge in [-0.15, -0.1) is 0 Å². The fraction of sp³-hybridized carbons (Fsp3) is 0.0333. The average Bonchev–Trinajstić information content (AvgIpc) is 3.37. The Morgan fingerprint density at radius 1 is 0.750 bits per heavy atom. The summed E-state index contributed by atoms with van der Waals surface area (Å²) < 4.78 is 0. The summed E-state index contributed by atoms with van der Waals surface area (Å²) in [5.74, 6) is -4.14. The standard InChI is InChI=1S/C30H21N7O7/c38-24-15-14-21(16-23(24)29(41)42)34-32-20-12-10-18(11-13-20)31-27(39)17-6-8-19(9-7-17)33-35-25-26(30(43)44)36-37(28(25)40)22-4-2-1-3-5-22/h1-16,25,38H,(H,31,39)(H,41,42)(H,43,44). The van der Waals surface area contributed by atoms with E-state index in [4.69, 9.17) is 5.11 Å². The molecule has 0 saturated carbocycles. The molecule has 0 saturated heterocycles. The molecule has 44 heavy (non-hydrogen) atoms. The molecule has 1 aliphatic rings. The molecule has 4 N–H and O–H groups in total. The van der Waals surface area contributed by atoms with Gasteiger partial charge in [-0.05, 0) is 78.9 Å². The van der Waals surface area contributed by atoms with Gasteiger partial charge in [-0.25, -0.2) is 9.59 Å². The monoisotopic (exact) mass is 591 g/mol. The minimum atomic E-state index is -1.43. The van der Waals surface area contributed by atoms with E-state index in [-0.39, 0.29) is 22.7 Å². The van der Waals surface area contributed by atoms with Crippen molar-refractivity contribution in [2.24, 2.45) is 25.6 Å². The van der Waals surface area contributed by atoms with Crippen LogP contribution in [0.4, 0.5) is 28.4 Å². The Morgan fingerprint density at radius 2 is 1.36 bits per heavy atom. The lowest BCUT2D eigenvalue weighted by atomic mass is 10.2. The Bertz CT molecular complexity index is 1840. The molecule has 0 aliphatic carbocycles. The van der Waals surface area contributed by atoms with Crippen molar-refractivity contribution in [3.8, 4) is 5.75 Å². The van der Waals surface area contributed by atoms with Crippen LogP contribution in [0.5, 0.6) is 5.75 Å². The van der Waals surface area contributed by atoms with Crippen LogP contribution in [0.3, 0.4) is 0 Å². The first-order chi connectivity index (χ1) is 21.2. The number of hydrogen-bond acceptors (Lipinski definition) is 10. The van der Waals surface area contributed by atoms with Crippen molar-refractivity contribution in [2.75, 3.05) is 10.3 Å². The highest BCUT2D eigenvalue weighted by molar-refractivity contribution is 6.45. The largest absolute Gasteiger partial charge is 0.507 e. The van der Waals surface area contributed by atoms with Crippen molar-refractivity contribution in [3.05, 3.63) is 108 Å². The van der Waals surface area contributed by atoms with Gasteiger partial charge in [0.05, 0.1) is 22.7 Å². The smallest absolute Gasteiger partial charge is 0.355 e. The van der Waals surface area contributed by atoms with Crippen LogP contribution in [-0.4, -0.2) is 50.8 Å². The van der Waals surface area contributed by atoms with Crippen molar-refractivity contribution >= 4 is 57.9 Å². The lowest BCUT2D eigenvalue weighted by Crippen LogP contribution is -2.32. The number of nitrogens with one attached hydrogen (secondary N) is 1. The number of carboxylic acids is 2. The summed E-state index contributed by atoms with van der Waals surface area (Å²) in [5.41, 5.74) is 1.37. The second-order valence-corrected chi connectivity index (χ2v) is 9.15. The van der Waals surface area contributed by atoms with E-state index < -0.39 is 35.5 Å². The molecule has 5 rings (SSSR count). The van der Waals surface area contributed by atoms with E-state index in [1.165, 1.54) is 42.5 Å². The third-order valence-corrected chi connectivity index (χ3v) is 6.16. The number of amides is 2. The topological polar surface area (TPSA) is 206 Å². The third-order valence-electron chi connectivity index (χ3n) is 6.16. The van der Waals surface area contributed by atoms with Gasteiger partial charge in [-0.1, -0.05) is 18.2 Å². The summed E-state index contributed by atoms with van der Waals surface area (Å²) in [5, 5.41) is 51.8. The molecular weight excluding hydrogens is 570 g/mol. The van der Waals surface area contributed by atoms with Crippen LogP contribution in [0.2, 0.25) is 0 Å². The number of carbonyl (C=O) groups excluding carboxylic acids is 2. The highest BCUT2D eigenvalue weighted by Gasteiger charge is 2.41. The highest BCUT2D eigenvalue weighted by atomic mass is 16.4. The summed E-state index contributed by atoms with van der Waals surface area (Å²) >= 11 is 0. The second-order valence-electron chi connectivity index (χ2n) is 9.15. The lowest BCUT2D eigenvalue weighted by Gasteiger charge is -2.11. The summed E-state index contributed by atoms with van der Waals surface area (Å²) in [6, 6.07) is 23.1. The van der Waals surface area contributed by atoms with Crippen molar-refractivity contribution in [3.63, 3.8) is 0 Å². The number of nitrogens with zero attached hydrogens (tertiary/aromatic N) is 6. The zero-order valence-electron chi connectivity index (χ0n) is 22.5. The summed E-state index contributed by atoms with van der Waals surface area (Å²) in [7, 11) is 0. The van der Waals surface area contributed by atoms with Gasteiger partial charge in [0.1, 0.15) is 11.3 Å². The number of carbonyl (C=O) groups is 4. The maximum Gasteiger partial charge on any atom is 0.355 e. The molecule has 4 aromatic rings. The molecule has 0 aromatic heterocycles. The quantitative estimate of drug-likeness (QED) is 0.178. The van der Waals surface area contributed by atoms with Gasteiger partial charge >= 0.3 is 11.9 Å². The number of azo groups is 2. The van der Waals surface area contributed by atoms with E-state index >= 15 is 0 Å². The zero-order valence-corrected chi connectivity index (χ0v) is 22.5. The van der Waals surface area contributed by atoms with E-state index in [0.717, 1.165) is 5.01 Å². The molecular formula is C30H21N7O7. The van der Waals surface area contributed by atoms with Gasteiger partial charge in [0.2, 0.25) is 6.04 Å². The Labute approximate surface area is 248 Å². The van der Waals surface area contributed by atoms with Crippen LogP contribution < -0.4 is 10.3 Å². The predicted octanol–water partition coefficient (Wildman–Crippen LogP) is 5.70. The number of para-hydroxylation sites is 1. The van der Waals surface area contributed by atoms with E-state index in [0.29, 0.717) is 22.6 Å². The number of phenols is 1. The summed E-state index contributed by atoms with van der Waals surface area (Å²) in [6.07, 6.45) is 0. The number of anilines is 2. The molecule has 1 heterocycles. The number of hydrogen-bond donors (Lipinski definition) is 4. The van der Waals surface area contributed by atoms with Crippen LogP contribution in [0.25, 0.3) is 0 Å². The van der Waals surface area contributed by atoms with Crippen LogP contribution in [-0.2, 0) is 9.59 Å². The molecule has 14 heteroatoms. The van der Waals surface area contributed by atoms with Crippen molar-refractivity contribution in [1.82, 2.24) is 0 Å². The van der Waals surface area contributed by atoms with E-state index in [1.807, 2.05) is 0 Å². The number of rotatable bonds is 9. The Kier molecular flexibility index (Phi) is 8.24. The Morgan fingerprint density at radius 3 is 2.02 bits per heavy atom. The molecule has 0 bridgehead atoms. The number of aromatic hydroxyl groups is 1. The average molecular weight is 592 g/mol. The van der Waals surface area contributed by atoms with Gasteiger partial charge in [0.25, 0.3) is 11.8 Å². The lowest BCUT2D eigenvalue weighted by molar-refractivity contribution is -0.130. The highest BCUT2D eigenvalue weighted by Crippen LogP contribution is 2.27. The molecule has 1 atom stereocenters. The van der Waals surface area contributed by atoms with E-state index in [2.05, 4.69) is 30.9 Å². The minimum Gasteiger partial charge on any atom is -0.507 e. The number of carboxylic acid groups (broad SMARTS) is 2. The van der Waals surface area contributed by atoms with Crippen LogP contribution in [0.1, 0.15) is 20.7 Å². The SMILES string of the molecule is O=C(O)C1=NN(c2ccccc2)C(=O)C1N=Nc1ccc(C(=O)Nc2ccc(N=Nc3ccc(O)c(C(=O)O)c3)cc2)cc1. The minimum absolute atomic E-state index is 0.236. The first-order valence-corrected chi connectivity index (χ1v) is 12.8. The molecule has 218 valence electrons. The maximum atomic E-state index is 12.8. The molecule has 4 aromatic carbocycles. The van der Waals surface area contributed by atoms with E-state index in [1.54, 1.807) is 54.6 Å². The number of hydrazone groups is 1. The fourth-order valence-corrected chi connectivity index (χ4v) is 3.95. The Balaban J connectivity index is 1.20. The second kappa shape index (κ2) is 12.5. The first kappa shape index (κ1) is 28.9. The van der Waals surface area contributed by atoms with Crippen molar-refractivity contribution in [1.29, 1.82) is 0 Å². The number of aromatic carboxylic acids is 1. The molecule has 0 fully saturated rings. The van der Waals surface area contributed by atoms with Gasteiger partial charge in [-0.3, -0.25) is 9.59 Å². The summed E-state index contributed by atoms with van der Waals surface area (Å²) in [6.45, 7) is 0. The van der Waals surface area contributed by atoms with Gasteiger partial charge in [0.15, 0.2) is 5.71 Å². The van der Waals surface area contributed by atoms with E-state index in [9.17, 15) is 29.4 Å². The molecule has 2 amide bonds. The molecule has 1 aliphatic heterocycles. The zero-order chi connectivity index (χ0) is 31.2. The van der Waals surface area contributed by atoms with Gasteiger partial charge in [0, 0.05) is 11.3 Å². The molecule has 1 unspecified atom stereocenters. The molecule has 0 radical (unpaired) electrons. The summed E-state index contributed by atoms with van der Waals surface area (Å²) in [4.78, 5) is 48.4. The normalized spacial score (nSPS) is 14.6. The number of aliphatic carboxylic acids is 1. The maximum absolute atomic E-state index is 12.8. The predicted molar refractivity (Wildman–Crippen MR) is 157 cm³/mol. The van der Waals surface area contributed by atoms with Crippen LogP contribution in [0.15, 0.2) is 123 Å². The molecule has 0 spiro atoms. The van der Waals surface area contributed by atoms with Crippen LogP contribution in [0, 0.1) is 0 Å².